The van der Waals surface area contributed by atoms with E-state index in [-0.39, 0.29) is 12.0 Å². The van der Waals surface area contributed by atoms with Crippen molar-refractivity contribution in [3.63, 3.8) is 0 Å². The molecule has 0 aliphatic heterocycles. The Morgan fingerprint density at radius 3 is 2.25 bits per heavy atom. The minimum atomic E-state index is 0.209. The van der Waals surface area contributed by atoms with Gasteiger partial charge < -0.3 is 10.4 Å². The molecular weight excluding hydrogens is 198 g/mol. The molecule has 0 aliphatic rings. The SMILES string of the molecule is CC(C)CCCC(C)NCC(C)(C)CCO. The summed E-state index contributed by atoms with van der Waals surface area (Å²) in [6.45, 7) is 12.5. The first kappa shape index (κ1) is 15.9. The lowest BCUT2D eigenvalue weighted by Gasteiger charge is -2.26. The van der Waals surface area contributed by atoms with Crippen molar-refractivity contribution in [1.29, 1.82) is 0 Å². The molecule has 0 bridgehead atoms. The van der Waals surface area contributed by atoms with Crippen LogP contribution in [-0.4, -0.2) is 24.3 Å². The van der Waals surface area contributed by atoms with Crippen molar-refractivity contribution < 1.29 is 5.11 Å². The Balaban J connectivity index is 3.60. The maximum Gasteiger partial charge on any atom is 0.0436 e. The second-order valence-corrected chi connectivity index (χ2v) is 6.24. The van der Waals surface area contributed by atoms with Crippen LogP contribution in [0.5, 0.6) is 0 Å². The Morgan fingerprint density at radius 2 is 1.75 bits per heavy atom. The van der Waals surface area contributed by atoms with Gasteiger partial charge in [-0.25, -0.2) is 0 Å². The molecule has 0 saturated heterocycles. The van der Waals surface area contributed by atoms with Crippen molar-refractivity contribution >= 4 is 0 Å². The van der Waals surface area contributed by atoms with Crippen molar-refractivity contribution in [2.24, 2.45) is 11.3 Å². The molecule has 2 heteroatoms. The summed E-state index contributed by atoms with van der Waals surface area (Å²) in [6.07, 6.45) is 4.77. The molecule has 1 atom stereocenters. The van der Waals surface area contributed by atoms with Gasteiger partial charge in [0.1, 0.15) is 0 Å². The van der Waals surface area contributed by atoms with E-state index in [1.165, 1.54) is 19.3 Å². The van der Waals surface area contributed by atoms with E-state index in [1.807, 2.05) is 0 Å². The van der Waals surface area contributed by atoms with Gasteiger partial charge in [0.15, 0.2) is 0 Å². The zero-order valence-corrected chi connectivity index (χ0v) is 11.8. The zero-order valence-electron chi connectivity index (χ0n) is 11.8. The van der Waals surface area contributed by atoms with Gasteiger partial charge in [0.05, 0.1) is 0 Å². The molecule has 0 saturated carbocycles. The highest BCUT2D eigenvalue weighted by Gasteiger charge is 2.17. The van der Waals surface area contributed by atoms with E-state index < -0.39 is 0 Å². The molecule has 2 nitrogen and oxygen atoms in total. The number of rotatable bonds is 9. The number of aliphatic hydroxyl groups excluding tert-OH is 1. The lowest BCUT2D eigenvalue weighted by molar-refractivity contribution is 0.202. The predicted molar refractivity (Wildman–Crippen MR) is 71.6 cm³/mol. The van der Waals surface area contributed by atoms with E-state index in [2.05, 4.69) is 39.9 Å². The molecule has 0 aromatic rings. The topological polar surface area (TPSA) is 32.3 Å². The largest absolute Gasteiger partial charge is 0.396 e. The number of hydrogen-bond donors (Lipinski definition) is 2. The summed E-state index contributed by atoms with van der Waals surface area (Å²) < 4.78 is 0. The maximum absolute atomic E-state index is 8.94. The van der Waals surface area contributed by atoms with Gasteiger partial charge in [-0.2, -0.15) is 0 Å². The van der Waals surface area contributed by atoms with Crippen LogP contribution in [0.3, 0.4) is 0 Å². The molecule has 0 aromatic heterocycles. The van der Waals surface area contributed by atoms with Crippen LogP contribution in [0.25, 0.3) is 0 Å². The summed E-state index contributed by atoms with van der Waals surface area (Å²) in [5.41, 5.74) is 0.209. The zero-order chi connectivity index (χ0) is 12.6. The molecule has 0 amide bonds. The number of aliphatic hydroxyl groups is 1. The first-order chi connectivity index (χ1) is 7.37. The molecule has 98 valence electrons. The monoisotopic (exact) mass is 229 g/mol. The van der Waals surface area contributed by atoms with Gasteiger partial charge in [-0.3, -0.25) is 0 Å². The number of nitrogens with one attached hydrogen (secondary N) is 1. The standard InChI is InChI=1S/C14H31NO/c1-12(2)7-6-8-13(3)15-11-14(4,5)9-10-16/h12-13,15-16H,6-11H2,1-5H3. The fraction of sp³-hybridized carbons (Fsp3) is 1.00. The Labute approximate surface area is 102 Å². The van der Waals surface area contributed by atoms with Gasteiger partial charge in [-0.1, -0.05) is 40.5 Å². The van der Waals surface area contributed by atoms with E-state index >= 15 is 0 Å². The summed E-state index contributed by atoms with van der Waals surface area (Å²) in [5, 5.41) is 12.5. The molecule has 16 heavy (non-hydrogen) atoms. The highest BCUT2D eigenvalue weighted by Crippen LogP contribution is 2.18. The van der Waals surface area contributed by atoms with E-state index in [0.29, 0.717) is 6.04 Å². The highest BCUT2D eigenvalue weighted by atomic mass is 16.3. The Hall–Kier alpha value is -0.0800. The first-order valence-electron chi connectivity index (χ1n) is 6.71. The van der Waals surface area contributed by atoms with E-state index in [9.17, 15) is 0 Å². The average molecular weight is 229 g/mol. The van der Waals surface area contributed by atoms with E-state index in [4.69, 9.17) is 5.11 Å². The predicted octanol–water partition coefficient (Wildman–Crippen LogP) is 3.20. The summed E-state index contributed by atoms with van der Waals surface area (Å²) in [5.74, 6) is 0.818. The Morgan fingerprint density at radius 1 is 1.12 bits per heavy atom. The van der Waals surface area contributed by atoms with Crippen molar-refractivity contribution in [2.45, 2.75) is 66.3 Å². The Bertz CT molecular complexity index is 166. The van der Waals surface area contributed by atoms with Crippen LogP contribution >= 0.6 is 0 Å². The fourth-order valence-electron chi connectivity index (χ4n) is 1.78. The minimum absolute atomic E-state index is 0.209. The molecule has 0 aromatic carbocycles. The van der Waals surface area contributed by atoms with Crippen molar-refractivity contribution in [1.82, 2.24) is 5.32 Å². The minimum Gasteiger partial charge on any atom is -0.396 e. The summed E-state index contributed by atoms with van der Waals surface area (Å²) in [6, 6.07) is 0.594. The van der Waals surface area contributed by atoms with E-state index in [0.717, 1.165) is 18.9 Å². The molecule has 0 radical (unpaired) electrons. The van der Waals surface area contributed by atoms with Gasteiger partial charge in [-0.15, -0.1) is 0 Å². The fourth-order valence-corrected chi connectivity index (χ4v) is 1.78. The molecule has 0 heterocycles. The smallest absolute Gasteiger partial charge is 0.0436 e. The van der Waals surface area contributed by atoms with Crippen molar-refractivity contribution in [3.8, 4) is 0 Å². The molecule has 0 rings (SSSR count). The summed E-state index contributed by atoms with van der Waals surface area (Å²) in [4.78, 5) is 0. The van der Waals surface area contributed by atoms with Crippen LogP contribution in [0.4, 0.5) is 0 Å². The van der Waals surface area contributed by atoms with E-state index in [1.54, 1.807) is 0 Å². The highest BCUT2D eigenvalue weighted by molar-refractivity contribution is 4.73. The molecule has 2 N–H and O–H groups in total. The third kappa shape index (κ3) is 9.17. The van der Waals surface area contributed by atoms with Crippen LogP contribution in [0.15, 0.2) is 0 Å². The molecule has 1 unspecified atom stereocenters. The van der Waals surface area contributed by atoms with Crippen molar-refractivity contribution in [2.75, 3.05) is 13.2 Å². The number of hydrogen-bond acceptors (Lipinski definition) is 2. The summed E-state index contributed by atoms with van der Waals surface area (Å²) in [7, 11) is 0. The van der Waals surface area contributed by atoms with Crippen LogP contribution < -0.4 is 5.32 Å². The van der Waals surface area contributed by atoms with Gasteiger partial charge in [0, 0.05) is 19.2 Å². The lowest BCUT2D eigenvalue weighted by atomic mass is 9.89. The van der Waals surface area contributed by atoms with Crippen LogP contribution in [-0.2, 0) is 0 Å². The maximum atomic E-state index is 8.94. The third-order valence-electron chi connectivity index (χ3n) is 3.14. The van der Waals surface area contributed by atoms with Gasteiger partial charge in [0.2, 0.25) is 0 Å². The Kier molecular flexibility index (Phi) is 8.04. The van der Waals surface area contributed by atoms with Crippen LogP contribution in [0, 0.1) is 11.3 Å². The normalized spacial score (nSPS) is 14.4. The molecule has 0 fully saturated rings. The molecule has 0 spiro atoms. The van der Waals surface area contributed by atoms with Crippen LogP contribution in [0.1, 0.15) is 60.3 Å². The van der Waals surface area contributed by atoms with Crippen LogP contribution in [0.2, 0.25) is 0 Å². The quantitative estimate of drug-likeness (QED) is 0.636. The average Bonchev–Trinajstić information content (AvgIpc) is 2.14. The van der Waals surface area contributed by atoms with Gasteiger partial charge in [-0.05, 0) is 31.1 Å². The second kappa shape index (κ2) is 8.08. The lowest BCUT2D eigenvalue weighted by Crippen LogP contribution is -2.36. The molecule has 0 aliphatic carbocycles. The second-order valence-electron chi connectivity index (χ2n) is 6.24. The van der Waals surface area contributed by atoms with Crippen molar-refractivity contribution in [3.05, 3.63) is 0 Å². The van der Waals surface area contributed by atoms with Gasteiger partial charge in [0.25, 0.3) is 0 Å². The third-order valence-corrected chi connectivity index (χ3v) is 3.14. The summed E-state index contributed by atoms with van der Waals surface area (Å²) >= 11 is 0. The molecular formula is C14H31NO. The first-order valence-corrected chi connectivity index (χ1v) is 6.71. The van der Waals surface area contributed by atoms with Gasteiger partial charge >= 0.3 is 0 Å².